The monoisotopic (exact) mass is 358 g/mol. The molecule has 10 heteroatoms. The Morgan fingerprint density at radius 1 is 0.600 bits per heavy atom. The van der Waals surface area contributed by atoms with Crippen molar-refractivity contribution in [3.05, 3.63) is 0 Å². The molecule has 0 unspecified atom stereocenters. The van der Waals surface area contributed by atoms with Gasteiger partial charge >= 0.3 is 25.7 Å². The Bertz CT molecular complexity index is 265. The van der Waals surface area contributed by atoms with E-state index in [0.717, 1.165) is 0 Å². The maximum atomic E-state index is 6.09. The van der Waals surface area contributed by atoms with Gasteiger partial charge in [-0.25, -0.2) is 0 Å². The molecule has 0 aliphatic heterocycles. The van der Waals surface area contributed by atoms with Gasteiger partial charge < -0.3 is 26.6 Å². The summed E-state index contributed by atoms with van der Waals surface area (Å²) in [5.74, 6) is 0. The molecule has 0 aliphatic carbocycles. The third-order valence-electron chi connectivity index (χ3n) is 2.77. The van der Waals surface area contributed by atoms with Crippen LogP contribution in [0.1, 0.15) is 0 Å². The van der Waals surface area contributed by atoms with E-state index in [-0.39, 0.29) is 0 Å². The molecule has 0 N–H and O–H groups in total. The molecule has 20 heavy (non-hydrogen) atoms. The molecule has 0 aromatic rings. The summed E-state index contributed by atoms with van der Waals surface area (Å²) in [6.45, 7) is 11.7. The Morgan fingerprint density at radius 3 is 0.950 bits per heavy atom. The van der Waals surface area contributed by atoms with Crippen molar-refractivity contribution in [2.45, 2.75) is 44.9 Å². The summed E-state index contributed by atoms with van der Waals surface area (Å²) in [6.07, 6.45) is 0. The first-order valence-electron chi connectivity index (χ1n) is 6.56. The number of rotatable bonds is 9. The second-order valence-electron chi connectivity index (χ2n) is 5.98. The molecule has 0 atom stereocenters. The topological polar surface area (TPSA) is 55.4 Å². The quantitative estimate of drug-likeness (QED) is 0.454. The van der Waals surface area contributed by atoms with Crippen LogP contribution in [0.4, 0.5) is 0 Å². The zero-order chi connectivity index (χ0) is 16.2. The van der Waals surface area contributed by atoms with Gasteiger partial charge in [0.1, 0.15) is 10.2 Å². The van der Waals surface area contributed by atoms with E-state index in [0.29, 0.717) is 10.2 Å². The van der Waals surface area contributed by atoms with Crippen LogP contribution >= 0.6 is 0 Å². The predicted octanol–water partition coefficient (Wildman–Crippen LogP) is 1.06. The minimum Gasteiger partial charge on any atom is -0.398 e. The first-order valence-corrected chi connectivity index (χ1v) is 16.0. The van der Waals surface area contributed by atoms with E-state index >= 15 is 0 Å². The smallest absolute Gasteiger partial charge is 0.335 e. The summed E-state index contributed by atoms with van der Waals surface area (Å²) in [4.78, 5) is 0. The average Bonchev–Trinajstić information content (AvgIpc) is 2.26. The molecule has 0 saturated carbocycles. The summed E-state index contributed by atoms with van der Waals surface area (Å²) in [5.41, 5.74) is -1.09. The fourth-order valence-electron chi connectivity index (χ4n) is 1.53. The fraction of sp³-hybridized carbons (Fsp3) is 1.00. The normalized spacial score (nSPS) is 14.8. The van der Waals surface area contributed by atoms with Crippen LogP contribution in [0.2, 0.25) is 39.3 Å². The Balaban J connectivity index is 5.23. The highest BCUT2D eigenvalue weighted by atomic mass is 28.4. The van der Waals surface area contributed by atoms with Gasteiger partial charge in [0.15, 0.2) is 0 Å². The first-order chi connectivity index (χ1) is 8.80. The fourth-order valence-corrected chi connectivity index (χ4v) is 9.38. The minimum absolute atomic E-state index is 0.522. The van der Waals surface area contributed by atoms with Crippen molar-refractivity contribution in [1.82, 2.24) is 0 Å². The lowest BCUT2D eigenvalue weighted by atomic mass is 11.3. The summed E-state index contributed by atoms with van der Waals surface area (Å²) in [5, 5.41) is 0. The Labute approximate surface area is 129 Å². The second-order valence-corrected chi connectivity index (χ2v) is 17.4. The molecule has 6 nitrogen and oxygen atoms in total. The van der Waals surface area contributed by atoms with Gasteiger partial charge in [-0.3, -0.25) is 0 Å². The number of hydrogen-bond donors (Lipinski definition) is 0. The van der Waals surface area contributed by atoms with E-state index in [4.69, 9.17) is 26.6 Å². The molecular formula is C10H30O6Si4. The third kappa shape index (κ3) is 7.58. The summed E-state index contributed by atoms with van der Waals surface area (Å²) >= 11 is 0. The van der Waals surface area contributed by atoms with Gasteiger partial charge in [-0.1, -0.05) is 0 Å². The maximum Gasteiger partial charge on any atom is 0.335 e. The van der Waals surface area contributed by atoms with Crippen molar-refractivity contribution in [1.29, 1.82) is 0 Å². The summed E-state index contributed by atoms with van der Waals surface area (Å²) in [6, 6.07) is 0. The lowest BCUT2D eigenvalue weighted by Crippen LogP contribution is -2.59. The maximum absolute atomic E-state index is 6.09. The van der Waals surface area contributed by atoms with Crippen molar-refractivity contribution in [2.75, 3.05) is 21.3 Å². The highest BCUT2D eigenvalue weighted by Gasteiger charge is 2.46. The molecule has 0 rings (SSSR count). The van der Waals surface area contributed by atoms with Crippen molar-refractivity contribution in [3.63, 3.8) is 0 Å². The highest BCUT2D eigenvalue weighted by Crippen LogP contribution is 2.27. The van der Waals surface area contributed by atoms with Crippen molar-refractivity contribution in [3.8, 4) is 0 Å². The third-order valence-corrected chi connectivity index (χ3v) is 10.1. The average molecular weight is 359 g/mol. The van der Waals surface area contributed by atoms with Crippen LogP contribution in [0, 0.1) is 0 Å². The molecule has 0 saturated heterocycles. The zero-order valence-electron chi connectivity index (χ0n) is 14.4. The van der Waals surface area contributed by atoms with Crippen molar-refractivity contribution < 1.29 is 26.6 Å². The van der Waals surface area contributed by atoms with Gasteiger partial charge in [-0.15, -0.1) is 0 Å². The van der Waals surface area contributed by atoms with Gasteiger partial charge in [0, 0.05) is 21.3 Å². The molecular weight excluding hydrogens is 328 g/mol. The van der Waals surface area contributed by atoms with E-state index in [1.807, 2.05) is 39.3 Å². The van der Waals surface area contributed by atoms with Crippen LogP contribution in [-0.2, 0) is 26.6 Å². The van der Waals surface area contributed by atoms with Gasteiger partial charge in [-0.05, 0) is 39.3 Å². The molecule has 0 heterocycles. The van der Waals surface area contributed by atoms with E-state index < -0.39 is 31.3 Å². The molecule has 0 amide bonds. The molecule has 0 aliphatic rings. The van der Waals surface area contributed by atoms with Crippen LogP contribution in [-0.4, -0.2) is 62.9 Å². The van der Waals surface area contributed by atoms with Crippen LogP contribution in [0.25, 0.3) is 0 Å². The Hall–Kier alpha value is 0.628. The number of hydrogen-bond acceptors (Lipinski definition) is 6. The highest BCUT2D eigenvalue weighted by molar-refractivity contribution is 6.67. The largest absolute Gasteiger partial charge is 0.398 e. The molecule has 0 aromatic heterocycles. The van der Waals surface area contributed by atoms with Gasteiger partial charge in [0.25, 0.3) is 0 Å². The Kier molecular flexibility index (Phi) is 7.49. The van der Waals surface area contributed by atoms with Gasteiger partial charge in [-0.2, -0.15) is 0 Å². The van der Waals surface area contributed by atoms with Crippen LogP contribution in [0.15, 0.2) is 0 Å². The SMILES string of the molecule is CO[Si](C)(C)OC([SiH3])(O[Si](C)(C)OC)O[Si](C)(C)OC. The molecule has 0 spiro atoms. The van der Waals surface area contributed by atoms with Gasteiger partial charge in [0.2, 0.25) is 5.60 Å². The Morgan fingerprint density at radius 2 is 0.800 bits per heavy atom. The minimum atomic E-state index is -2.32. The van der Waals surface area contributed by atoms with E-state index in [9.17, 15) is 0 Å². The lowest BCUT2D eigenvalue weighted by molar-refractivity contribution is -0.223. The first kappa shape index (κ1) is 20.6. The summed E-state index contributed by atoms with van der Waals surface area (Å²) < 4.78 is 34.7. The van der Waals surface area contributed by atoms with Crippen LogP contribution in [0.3, 0.4) is 0 Å². The molecule has 0 radical (unpaired) electrons. The zero-order valence-corrected chi connectivity index (χ0v) is 19.4. The summed E-state index contributed by atoms with van der Waals surface area (Å²) in [7, 11) is -1.50. The standard InChI is InChI=1S/C10H30O6Si4/c1-11-18(4,5)14-10(17,15-19(6,7)12-2)16-20(8,9)13-3/h1-9,17H3. The van der Waals surface area contributed by atoms with Gasteiger partial charge in [0.05, 0.1) is 0 Å². The van der Waals surface area contributed by atoms with Crippen LogP contribution < -0.4 is 0 Å². The second kappa shape index (κ2) is 7.26. The van der Waals surface area contributed by atoms with E-state index in [1.54, 1.807) is 21.3 Å². The molecule has 122 valence electrons. The molecule has 0 bridgehead atoms. The van der Waals surface area contributed by atoms with Crippen molar-refractivity contribution in [2.24, 2.45) is 0 Å². The van der Waals surface area contributed by atoms with Crippen LogP contribution in [0.5, 0.6) is 0 Å². The van der Waals surface area contributed by atoms with E-state index in [2.05, 4.69) is 0 Å². The van der Waals surface area contributed by atoms with Crippen molar-refractivity contribution >= 4 is 35.9 Å². The van der Waals surface area contributed by atoms with E-state index in [1.165, 1.54) is 0 Å². The molecule has 0 fully saturated rings. The predicted molar refractivity (Wildman–Crippen MR) is 89.4 cm³/mol. The lowest BCUT2D eigenvalue weighted by Gasteiger charge is -2.43. The molecule has 0 aromatic carbocycles.